The zero-order valence-corrected chi connectivity index (χ0v) is 29.3. The number of hydrogen-bond acceptors (Lipinski definition) is 3. The Labute approximate surface area is 279 Å². The van der Waals surface area contributed by atoms with Crippen LogP contribution in [0.25, 0.3) is 0 Å². The van der Waals surface area contributed by atoms with Crippen LogP contribution >= 0.6 is 0 Å². The molecule has 4 N–H and O–H groups in total. The first kappa shape index (κ1) is 30.7. The standard InChI is InChI=1S/C43H58N2O/c1-6-46-41-24-36-29(23-40(41)45)12-14-34-32(36)17-19-43(5)26(3)27(21-38(34)43)8-7-9-30-20-35-28(22-39(30)44)11-13-33-31(35)16-18-42(4)25(2)10-15-37(33)42/h20,22-27,31-34,37-38H,6,8,10-19,21,44-45H2,1-5H3/t25?,26?,27?,31?,32?,33?,34?,37?,38?,42-,43-/m1/s1. The molecule has 11 atom stereocenters. The van der Waals surface area contributed by atoms with E-state index in [4.69, 9.17) is 16.2 Å². The molecule has 0 aliphatic heterocycles. The number of nitrogens with two attached hydrogens (primary N) is 2. The molecule has 0 spiro atoms. The van der Waals surface area contributed by atoms with Crippen LogP contribution in [0.4, 0.5) is 11.4 Å². The number of anilines is 2. The van der Waals surface area contributed by atoms with Gasteiger partial charge in [0.25, 0.3) is 0 Å². The highest BCUT2D eigenvalue weighted by molar-refractivity contribution is 5.61. The van der Waals surface area contributed by atoms with Crippen molar-refractivity contribution >= 4 is 11.4 Å². The van der Waals surface area contributed by atoms with Gasteiger partial charge in [-0.2, -0.15) is 0 Å². The molecule has 246 valence electrons. The number of hydrogen-bond donors (Lipinski definition) is 2. The van der Waals surface area contributed by atoms with Gasteiger partial charge in [0.15, 0.2) is 0 Å². The van der Waals surface area contributed by atoms with E-state index in [-0.39, 0.29) is 0 Å². The second-order valence-corrected chi connectivity index (χ2v) is 17.3. The van der Waals surface area contributed by atoms with E-state index < -0.39 is 0 Å². The fraction of sp³-hybridized carbons (Fsp3) is 0.674. The van der Waals surface area contributed by atoms with Gasteiger partial charge in [0.2, 0.25) is 0 Å². The Bertz CT molecular complexity index is 1580. The number of rotatable bonds is 3. The first-order chi connectivity index (χ1) is 22.1. The first-order valence-electron chi connectivity index (χ1n) is 19.1. The van der Waals surface area contributed by atoms with Gasteiger partial charge in [0.05, 0.1) is 12.3 Å². The molecule has 8 rings (SSSR count). The van der Waals surface area contributed by atoms with Gasteiger partial charge in [-0.15, -0.1) is 0 Å². The predicted molar refractivity (Wildman–Crippen MR) is 191 cm³/mol. The van der Waals surface area contributed by atoms with Crippen LogP contribution in [0.1, 0.15) is 138 Å². The molecule has 0 bridgehead atoms. The highest BCUT2D eigenvalue weighted by Gasteiger charge is 2.57. The second-order valence-electron chi connectivity index (χ2n) is 17.3. The third kappa shape index (κ3) is 4.58. The Balaban J connectivity index is 1.00. The normalized spacial score (nSPS) is 40.3. The van der Waals surface area contributed by atoms with Crippen molar-refractivity contribution in [3.8, 4) is 17.6 Å². The summed E-state index contributed by atoms with van der Waals surface area (Å²) in [6.07, 6.45) is 15.5. The van der Waals surface area contributed by atoms with Crippen LogP contribution in [0.2, 0.25) is 0 Å². The van der Waals surface area contributed by atoms with Crippen LogP contribution in [-0.2, 0) is 12.8 Å². The number of ether oxygens (including phenoxy) is 1. The molecule has 3 nitrogen and oxygen atoms in total. The van der Waals surface area contributed by atoms with E-state index in [1.807, 2.05) is 6.92 Å². The summed E-state index contributed by atoms with van der Waals surface area (Å²) < 4.78 is 5.94. The highest BCUT2D eigenvalue weighted by atomic mass is 16.5. The summed E-state index contributed by atoms with van der Waals surface area (Å²) in [5.41, 5.74) is 23.0. The van der Waals surface area contributed by atoms with Crippen molar-refractivity contribution in [3.05, 3.63) is 52.1 Å². The summed E-state index contributed by atoms with van der Waals surface area (Å²) in [6.45, 7) is 13.0. The molecular weight excluding hydrogens is 560 g/mol. The lowest BCUT2D eigenvalue weighted by Gasteiger charge is -2.50. The first-order valence-corrected chi connectivity index (χ1v) is 19.1. The Kier molecular flexibility index (Phi) is 7.51. The summed E-state index contributed by atoms with van der Waals surface area (Å²) in [7, 11) is 0. The number of benzene rings is 2. The summed E-state index contributed by atoms with van der Waals surface area (Å²) in [5.74, 6) is 15.1. The zero-order valence-electron chi connectivity index (χ0n) is 29.3. The maximum Gasteiger partial charge on any atom is 0.142 e. The molecule has 2 aromatic rings. The lowest BCUT2D eigenvalue weighted by molar-refractivity contribution is 0.0315. The molecule has 6 aliphatic carbocycles. The van der Waals surface area contributed by atoms with E-state index >= 15 is 0 Å². The summed E-state index contributed by atoms with van der Waals surface area (Å²) in [6, 6.07) is 9.27. The maximum atomic E-state index is 6.71. The van der Waals surface area contributed by atoms with Crippen LogP contribution < -0.4 is 16.2 Å². The van der Waals surface area contributed by atoms with E-state index in [1.165, 1.54) is 80.9 Å². The third-order valence-electron chi connectivity index (χ3n) is 15.9. The number of aryl methyl sites for hydroxylation is 2. The van der Waals surface area contributed by atoms with Crippen molar-refractivity contribution in [2.24, 2.45) is 52.3 Å². The Hall–Kier alpha value is -2.60. The molecule has 0 aromatic heterocycles. The average Bonchev–Trinajstić information content (AvgIpc) is 3.49. The van der Waals surface area contributed by atoms with Gasteiger partial charge in [-0.3, -0.25) is 0 Å². The molecule has 9 unspecified atom stereocenters. The van der Waals surface area contributed by atoms with Crippen LogP contribution in [0.3, 0.4) is 0 Å². The van der Waals surface area contributed by atoms with E-state index in [9.17, 15) is 0 Å². The van der Waals surface area contributed by atoms with Crippen LogP contribution in [0.15, 0.2) is 24.3 Å². The summed E-state index contributed by atoms with van der Waals surface area (Å²) in [4.78, 5) is 0. The molecule has 0 amide bonds. The lowest BCUT2D eigenvalue weighted by atomic mass is 9.54. The number of fused-ring (bicyclic) bond motifs is 10. The molecule has 6 aliphatic rings. The van der Waals surface area contributed by atoms with Crippen molar-refractivity contribution in [2.75, 3.05) is 18.1 Å². The van der Waals surface area contributed by atoms with Gasteiger partial charge in [0, 0.05) is 17.7 Å². The summed E-state index contributed by atoms with van der Waals surface area (Å²) in [5, 5.41) is 0. The molecule has 46 heavy (non-hydrogen) atoms. The van der Waals surface area contributed by atoms with Crippen molar-refractivity contribution in [2.45, 2.75) is 124 Å². The van der Waals surface area contributed by atoms with Crippen LogP contribution in [-0.4, -0.2) is 6.61 Å². The van der Waals surface area contributed by atoms with Gasteiger partial charge in [0.1, 0.15) is 5.75 Å². The fourth-order valence-electron chi connectivity index (χ4n) is 12.9. The van der Waals surface area contributed by atoms with Crippen molar-refractivity contribution in [3.63, 3.8) is 0 Å². The largest absolute Gasteiger partial charge is 0.492 e. The topological polar surface area (TPSA) is 61.3 Å². The molecule has 0 radical (unpaired) electrons. The van der Waals surface area contributed by atoms with Crippen LogP contribution in [0, 0.1) is 64.1 Å². The Morgan fingerprint density at radius 2 is 1.43 bits per heavy atom. The molecule has 3 heteroatoms. The SMILES string of the molecule is CCOc1cc2c(cc1N)CCC1C2CC[C@]2(C)C(C)C(CC#Cc3cc4c(cc3N)CCC3C4CC[C@]4(C)C(C)CCC34)CC12. The maximum absolute atomic E-state index is 6.71. The minimum absolute atomic E-state index is 0.411. The van der Waals surface area contributed by atoms with Crippen LogP contribution in [0.5, 0.6) is 5.75 Å². The predicted octanol–water partition coefficient (Wildman–Crippen LogP) is 9.90. The fourth-order valence-corrected chi connectivity index (χ4v) is 12.9. The van der Waals surface area contributed by atoms with E-state index in [0.29, 0.717) is 41.1 Å². The van der Waals surface area contributed by atoms with Gasteiger partial charge in [-0.1, -0.05) is 39.5 Å². The third-order valence-corrected chi connectivity index (χ3v) is 15.9. The average molecular weight is 619 g/mol. The van der Waals surface area contributed by atoms with Gasteiger partial charge >= 0.3 is 0 Å². The second kappa shape index (κ2) is 11.2. The molecular formula is C43H58N2O. The molecule has 0 heterocycles. The minimum Gasteiger partial charge on any atom is -0.492 e. The number of nitrogen functional groups attached to an aromatic ring is 2. The minimum atomic E-state index is 0.411. The van der Waals surface area contributed by atoms with Gasteiger partial charge in [-0.25, -0.2) is 0 Å². The van der Waals surface area contributed by atoms with E-state index in [1.54, 1.807) is 5.56 Å². The van der Waals surface area contributed by atoms with Crippen molar-refractivity contribution < 1.29 is 4.74 Å². The Morgan fingerprint density at radius 1 is 0.783 bits per heavy atom. The van der Waals surface area contributed by atoms with E-state index in [2.05, 4.69) is 63.8 Å². The smallest absolute Gasteiger partial charge is 0.142 e. The van der Waals surface area contributed by atoms with Gasteiger partial charge in [-0.05, 0) is 188 Å². The van der Waals surface area contributed by atoms with E-state index in [0.717, 1.165) is 65.1 Å². The zero-order chi connectivity index (χ0) is 32.0. The quantitative estimate of drug-likeness (QED) is 0.266. The molecule has 2 aromatic carbocycles. The highest BCUT2D eigenvalue weighted by Crippen LogP contribution is 2.65. The lowest BCUT2D eigenvalue weighted by Crippen LogP contribution is -2.41. The molecule has 4 saturated carbocycles. The van der Waals surface area contributed by atoms with Crippen molar-refractivity contribution in [1.29, 1.82) is 0 Å². The van der Waals surface area contributed by atoms with Crippen molar-refractivity contribution in [1.82, 2.24) is 0 Å². The molecule has 4 fully saturated rings. The monoisotopic (exact) mass is 618 g/mol. The van der Waals surface area contributed by atoms with Gasteiger partial charge < -0.3 is 16.2 Å². The summed E-state index contributed by atoms with van der Waals surface area (Å²) >= 11 is 0. The Morgan fingerprint density at radius 3 is 2.15 bits per heavy atom. The molecule has 0 saturated heterocycles.